The lowest BCUT2D eigenvalue weighted by Gasteiger charge is -2.06. The number of aryl methyl sites for hydroxylation is 1. The van der Waals surface area contributed by atoms with Crippen LogP contribution in [0.3, 0.4) is 0 Å². The maximum Gasteiger partial charge on any atom is 0.233 e. The zero-order chi connectivity index (χ0) is 11.7. The third-order valence-electron chi connectivity index (χ3n) is 2.21. The first-order valence-electron chi connectivity index (χ1n) is 4.68. The van der Waals surface area contributed by atoms with Gasteiger partial charge in [0.05, 0.1) is 17.8 Å². The molecule has 0 saturated heterocycles. The molecular weight excluding hydrogens is 247 g/mol. The summed E-state index contributed by atoms with van der Waals surface area (Å²) in [6.07, 6.45) is 0. The van der Waals surface area contributed by atoms with Gasteiger partial charge in [0, 0.05) is 16.8 Å². The van der Waals surface area contributed by atoms with Crippen LogP contribution in [0, 0.1) is 6.92 Å². The number of aromatic nitrogens is 2. The standard InChI is InChI=1S/C11H10Cl2N2O/c1-7-5-11(16-2)14-15(7)10-4-3-8(12)6-9(10)13/h3-6H,1-2H3. The average molecular weight is 257 g/mol. The predicted octanol–water partition coefficient (Wildman–Crippen LogP) is 3.50. The van der Waals surface area contributed by atoms with Crippen LogP contribution in [0.5, 0.6) is 5.88 Å². The second kappa shape index (κ2) is 4.36. The van der Waals surface area contributed by atoms with Crippen LogP contribution in [0.25, 0.3) is 5.69 Å². The molecule has 16 heavy (non-hydrogen) atoms. The summed E-state index contributed by atoms with van der Waals surface area (Å²) >= 11 is 11.9. The van der Waals surface area contributed by atoms with Crippen LogP contribution in [0.2, 0.25) is 10.0 Å². The smallest absolute Gasteiger partial charge is 0.233 e. The molecule has 0 amide bonds. The van der Waals surface area contributed by atoms with Crippen molar-refractivity contribution in [2.24, 2.45) is 0 Å². The number of methoxy groups -OCH3 is 1. The van der Waals surface area contributed by atoms with Gasteiger partial charge in [-0.3, -0.25) is 0 Å². The summed E-state index contributed by atoms with van der Waals surface area (Å²) < 4.78 is 6.78. The predicted molar refractivity (Wildman–Crippen MR) is 64.9 cm³/mol. The zero-order valence-electron chi connectivity index (χ0n) is 8.87. The van der Waals surface area contributed by atoms with Crippen molar-refractivity contribution < 1.29 is 4.74 Å². The van der Waals surface area contributed by atoms with Crippen LogP contribution in [0.1, 0.15) is 5.69 Å². The van der Waals surface area contributed by atoms with E-state index in [1.54, 1.807) is 23.9 Å². The van der Waals surface area contributed by atoms with E-state index in [1.807, 2.05) is 19.1 Å². The van der Waals surface area contributed by atoms with Crippen LogP contribution in [-0.2, 0) is 0 Å². The first kappa shape index (κ1) is 11.3. The molecule has 1 aromatic carbocycles. The van der Waals surface area contributed by atoms with Crippen LogP contribution >= 0.6 is 23.2 Å². The van der Waals surface area contributed by atoms with Crippen molar-refractivity contribution >= 4 is 23.2 Å². The molecule has 1 heterocycles. The SMILES string of the molecule is COc1cc(C)n(-c2ccc(Cl)cc2Cl)n1. The fourth-order valence-corrected chi connectivity index (χ4v) is 1.93. The Morgan fingerprint density at radius 1 is 1.25 bits per heavy atom. The molecule has 5 heteroatoms. The van der Waals surface area contributed by atoms with Gasteiger partial charge in [-0.25, -0.2) is 4.68 Å². The Morgan fingerprint density at radius 2 is 2.00 bits per heavy atom. The van der Waals surface area contributed by atoms with Gasteiger partial charge < -0.3 is 4.74 Å². The first-order valence-corrected chi connectivity index (χ1v) is 5.43. The molecule has 2 aromatic rings. The summed E-state index contributed by atoms with van der Waals surface area (Å²) in [5.74, 6) is 0.559. The van der Waals surface area contributed by atoms with Crippen LogP contribution in [0.4, 0.5) is 0 Å². The largest absolute Gasteiger partial charge is 0.480 e. The van der Waals surface area contributed by atoms with E-state index in [4.69, 9.17) is 27.9 Å². The van der Waals surface area contributed by atoms with Crippen LogP contribution in [-0.4, -0.2) is 16.9 Å². The Kier molecular flexibility index (Phi) is 3.08. The van der Waals surface area contributed by atoms with Gasteiger partial charge in [0.25, 0.3) is 0 Å². The summed E-state index contributed by atoms with van der Waals surface area (Å²) in [4.78, 5) is 0. The molecule has 0 aliphatic carbocycles. The molecule has 0 fully saturated rings. The molecule has 0 bridgehead atoms. The molecule has 0 aliphatic rings. The van der Waals surface area contributed by atoms with E-state index in [-0.39, 0.29) is 0 Å². The summed E-state index contributed by atoms with van der Waals surface area (Å²) in [5, 5.41) is 5.42. The van der Waals surface area contributed by atoms with E-state index in [0.717, 1.165) is 11.4 Å². The van der Waals surface area contributed by atoms with Crippen molar-refractivity contribution in [3.63, 3.8) is 0 Å². The van der Waals surface area contributed by atoms with Crippen molar-refractivity contribution in [1.82, 2.24) is 9.78 Å². The highest BCUT2D eigenvalue weighted by Crippen LogP contribution is 2.26. The maximum atomic E-state index is 6.10. The normalized spacial score (nSPS) is 10.5. The molecule has 84 valence electrons. The molecule has 0 aliphatic heterocycles. The molecule has 3 nitrogen and oxygen atoms in total. The molecule has 1 aromatic heterocycles. The van der Waals surface area contributed by atoms with Crippen molar-refractivity contribution in [3.05, 3.63) is 40.0 Å². The van der Waals surface area contributed by atoms with Gasteiger partial charge in [-0.05, 0) is 25.1 Å². The second-order valence-electron chi connectivity index (χ2n) is 3.34. The first-order chi connectivity index (χ1) is 7.61. The molecule has 0 N–H and O–H groups in total. The van der Waals surface area contributed by atoms with Crippen molar-refractivity contribution in [3.8, 4) is 11.6 Å². The molecule has 0 unspecified atom stereocenters. The quantitative estimate of drug-likeness (QED) is 0.823. The number of benzene rings is 1. The van der Waals surface area contributed by atoms with Gasteiger partial charge in [0.15, 0.2) is 0 Å². The maximum absolute atomic E-state index is 6.10. The van der Waals surface area contributed by atoms with Crippen LogP contribution < -0.4 is 4.74 Å². The highest BCUT2D eigenvalue weighted by atomic mass is 35.5. The number of halogens is 2. The summed E-state index contributed by atoms with van der Waals surface area (Å²) in [7, 11) is 1.58. The van der Waals surface area contributed by atoms with E-state index in [9.17, 15) is 0 Å². The number of ether oxygens (including phenoxy) is 1. The van der Waals surface area contributed by atoms with Gasteiger partial charge >= 0.3 is 0 Å². The van der Waals surface area contributed by atoms with Gasteiger partial charge in [0.1, 0.15) is 0 Å². The number of hydrogen-bond donors (Lipinski definition) is 0. The highest BCUT2D eigenvalue weighted by Gasteiger charge is 2.09. The molecule has 0 radical (unpaired) electrons. The van der Waals surface area contributed by atoms with E-state index in [2.05, 4.69) is 5.10 Å². The van der Waals surface area contributed by atoms with E-state index >= 15 is 0 Å². The number of rotatable bonds is 2. The van der Waals surface area contributed by atoms with Crippen molar-refractivity contribution in [2.75, 3.05) is 7.11 Å². The van der Waals surface area contributed by atoms with Gasteiger partial charge in [-0.15, -0.1) is 5.10 Å². The summed E-state index contributed by atoms with van der Waals surface area (Å²) in [6.45, 7) is 1.93. The monoisotopic (exact) mass is 256 g/mol. The number of hydrogen-bond acceptors (Lipinski definition) is 2. The van der Waals surface area contributed by atoms with Crippen molar-refractivity contribution in [1.29, 1.82) is 0 Å². The van der Waals surface area contributed by atoms with E-state index in [0.29, 0.717) is 15.9 Å². The average Bonchev–Trinajstić information content (AvgIpc) is 2.60. The Morgan fingerprint density at radius 3 is 2.56 bits per heavy atom. The molecular formula is C11H10Cl2N2O. The fourth-order valence-electron chi connectivity index (χ4n) is 1.44. The highest BCUT2D eigenvalue weighted by molar-refractivity contribution is 6.35. The second-order valence-corrected chi connectivity index (χ2v) is 4.18. The minimum Gasteiger partial charge on any atom is -0.480 e. The lowest BCUT2D eigenvalue weighted by Crippen LogP contribution is -1.99. The molecule has 0 atom stereocenters. The lowest BCUT2D eigenvalue weighted by atomic mass is 10.3. The van der Waals surface area contributed by atoms with E-state index in [1.165, 1.54) is 0 Å². The summed E-state index contributed by atoms with van der Waals surface area (Å²) in [6, 6.07) is 7.12. The minimum absolute atomic E-state index is 0.557. The molecule has 0 spiro atoms. The van der Waals surface area contributed by atoms with Gasteiger partial charge in [-0.2, -0.15) is 0 Å². The molecule has 0 saturated carbocycles. The Hall–Kier alpha value is -1.19. The Labute approximate surface area is 104 Å². The van der Waals surface area contributed by atoms with E-state index < -0.39 is 0 Å². The summed E-state index contributed by atoms with van der Waals surface area (Å²) in [5.41, 5.74) is 1.73. The number of nitrogens with zero attached hydrogens (tertiary/aromatic N) is 2. The Bertz CT molecular complexity index is 523. The van der Waals surface area contributed by atoms with Crippen LogP contribution in [0.15, 0.2) is 24.3 Å². The lowest BCUT2D eigenvalue weighted by molar-refractivity contribution is 0.394. The van der Waals surface area contributed by atoms with Crippen molar-refractivity contribution in [2.45, 2.75) is 6.92 Å². The van der Waals surface area contributed by atoms with Gasteiger partial charge in [-0.1, -0.05) is 23.2 Å². The topological polar surface area (TPSA) is 27.1 Å². The zero-order valence-corrected chi connectivity index (χ0v) is 10.4. The minimum atomic E-state index is 0.557. The Balaban J connectivity index is 2.53. The molecule has 2 rings (SSSR count). The fraction of sp³-hybridized carbons (Fsp3) is 0.182. The third-order valence-corrected chi connectivity index (χ3v) is 2.75. The van der Waals surface area contributed by atoms with Gasteiger partial charge in [0.2, 0.25) is 5.88 Å². The third kappa shape index (κ3) is 2.01.